The van der Waals surface area contributed by atoms with E-state index < -0.39 is 5.97 Å². The summed E-state index contributed by atoms with van der Waals surface area (Å²) in [6.45, 7) is 2.94. The van der Waals surface area contributed by atoms with Crippen molar-refractivity contribution in [3.8, 4) is 0 Å². The topological polar surface area (TPSA) is 66.9 Å². The van der Waals surface area contributed by atoms with Crippen LogP contribution in [0.1, 0.15) is 18.9 Å². The van der Waals surface area contributed by atoms with Gasteiger partial charge in [0, 0.05) is 37.2 Å². The molecule has 25 heavy (non-hydrogen) atoms. The third-order valence-electron chi connectivity index (χ3n) is 3.79. The Kier molecular flexibility index (Phi) is 7.01. The molecule has 0 bridgehead atoms. The van der Waals surface area contributed by atoms with Crippen molar-refractivity contribution in [2.24, 2.45) is 0 Å². The number of amides is 2. The van der Waals surface area contributed by atoms with Gasteiger partial charge in [-0.25, -0.2) is 0 Å². The molecule has 1 heterocycles. The van der Waals surface area contributed by atoms with Crippen LogP contribution in [-0.4, -0.2) is 60.4 Å². The molecule has 1 aliphatic heterocycles. The van der Waals surface area contributed by atoms with Gasteiger partial charge in [0.15, 0.2) is 0 Å². The summed E-state index contributed by atoms with van der Waals surface area (Å²) in [7, 11) is 0. The summed E-state index contributed by atoms with van der Waals surface area (Å²) in [5.74, 6) is -0.760. The minimum atomic E-state index is -0.434. The molecule has 2 rings (SSSR count). The fraction of sp³-hybridized carbons (Fsp3) is 0.389. The molecule has 134 valence electrons. The van der Waals surface area contributed by atoms with Crippen LogP contribution in [0, 0.1) is 0 Å². The van der Waals surface area contributed by atoms with E-state index >= 15 is 0 Å². The van der Waals surface area contributed by atoms with Crippen molar-refractivity contribution in [1.29, 1.82) is 0 Å². The van der Waals surface area contributed by atoms with Gasteiger partial charge in [0.05, 0.1) is 6.61 Å². The number of carbonyl (C=O) groups excluding carboxylic acids is 3. The average molecular weight is 365 g/mol. The molecule has 1 aromatic carbocycles. The minimum absolute atomic E-state index is 0.0763. The lowest BCUT2D eigenvalue weighted by Crippen LogP contribution is -2.38. The fourth-order valence-electron chi connectivity index (χ4n) is 2.50. The molecule has 0 spiro atoms. The van der Waals surface area contributed by atoms with Crippen molar-refractivity contribution in [3.05, 3.63) is 40.9 Å². The monoisotopic (exact) mass is 364 g/mol. The highest BCUT2D eigenvalue weighted by Crippen LogP contribution is 2.12. The van der Waals surface area contributed by atoms with Crippen molar-refractivity contribution in [3.63, 3.8) is 0 Å². The highest BCUT2D eigenvalue weighted by atomic mass is 35.5. The smallest absolute Gasteiger partial charge is 0.325 e. The van der Waals surface area contributed by atoms with Gasteiger partial charge in [0.1, 0.15) is 6.54 Å². The molecule has 0 radical (unpaired) electrons. The Bertz CT molecular complexity index is 675. The Morgan fingerprint density at radius 3 is 2.80 bits per heavy atom. The summed E-state index contributed by atoms with van der Waals surface area (Å²) in [4.78, 5) is 39.0. The number of nitrogens with zero attached hydrogens (tertiary/aromatic N) is 2. The first-order valence-corrected chi connectivity index (χ1v) is 8.53. The lowest BCUT2D eigenvalue weighted by Gasteiger charge is -2.20. The minimum Gasteiger partial charge on any atom is -0.465 e. The number of hydrogen-bond acceptors (Lipinski definition) is 4. The quantitative estimate of drug-likeness (QED) is 0.592. The lowest BCUT2D eigenvalue weighted by atomic mass is 10.2. The summed E-state index contributed by atoms with van der Waals surface area (Å²) < 4.78 is 4.87. The third kappa shape index (κ3) is 5.90. The summed E-state index contributed by atoms with van der Waals surface area (Å²) in [5.41, 5.74) is 0.829. The van der Waals surface area contributed by atoms with E-state index in [9.17, 15) is 14.4 Å². The van der Waals surface area contributed by atoms with E-state index in [1.165, 1.54) is 11.0 Å². The van der Waals surface area contributed by atoms with Crippen molar-refractivity contribution >= 4 is 35.5 Å². The van der Waals surface area contributed by atoms with Crippen LogP contribution in [0.25, 0.3) is 6.08 Å². The van der Waals surface area contributed by atoms with Gasteiger partial charge in [-0.2, -0.15) is 0 Å². The van der Waals surface area contributed by atoms with Crippen molar-refractivity contribution in [1.82, 2.24) is 9.80 Å². The van der Waals surface area contributed by atoms with Crippen molar-refractivity contribution < 1.29 is 19.1 Å². The SMILES string of the molecule is CCOC(=O)CN1CCN(C(=O)C=Cc2cccc(Cl)c2)CCC1=O. The summed E-state index contributed by atoms with van der Waals surface area (Å²) in [6.07, 6.45) is 3.35. The zero-order valence-corrected chi connectivity index (χ0v) is 14.9. The maximum absolute atomic E-state index is 12.3. The second-order valence-electron chi connectivity index (χ2n) is 5.58. The molecular weight excluding hydrogens is 344 g/mol. The first-order chi connectivity index (χ1) is 12.0. The van der Waals surface area contributed by atoms with Gasteiger partial charge >= 0.3 is 5.97 Å². The second kappa shape index (κ2) is 9.22. The van der Waals surface area contributed by atoms with Crippen LogP contribution in [-0.2, 0) is 19.1 Å². The molecule has 2 amide bonds. The van der Waals surface area contributed by atoms with Gasteiger partial charge in [0.25, 0.3) is 0 Å². The van der Waals surface area contributed by atoms with Crippen LogP contribution in [0.4, 0.5) is 0 Å². The standard InChI is InChI=1S/C18H21ClN2O4/c1-2-25-18(24)13-21-11-10-20(9-8-17(21)23)16(22)7-6-14-4-3-5-15(19)12-14/h3-7,12H,2,8-11,13H2,1H3. The number of ether oxygens (including phenoxy) is 1. The molecule has 0 saturated carbocycles. The van der Waals surface area contributed by atoms with Crippen LogP contribution in [0.3, 0.4) is 0 Å². The number of halogens is 1. The van der Waals surface area contributed by atoms with Crippen LogP contribution < -0.4 is 0 Å². The van der Waals surface area contributed by atoms with E-state index in [1.807, 2.05) is 12.1 Å². The predicted octanol–water partition coefficient (Wildman–Crippen LogP) is 1.98. The molecule has 0 aliphatic carbocycles. The molecule has 0 aromatic heterocycles. The van der Waals surface area contributed by atoms with Crippen molar-refractivity contribution in [2.45, 2.75) is 13.3 Å². The molecule has 1 fully saturated rings. The zero-order valence-electron chi connectivity index (χ0n) is 14.1. The van der Waals surface area contributed by atoms with Crippen LogP contribution >= 0.6 is 11.6 Å². The fourth-order valence-corrected chi connectivity index (χ4v) is 2.70. The molecular formula is C18H21ClN2O4. The molecule has 6 nitrogen and oxygen atoms in total. The van der Waals surface area contributed by atoms with E-state index in [2.05, 4.69) is 0 Å². The maximum atomic E-state index is 12.3. The number of benzene rings is 1. The normalized spacial score (nSPS) is 15.4. The molecule has 1 saturated heterocycles. The Balaban J connectivity index is 1.93. The van der Waals surface area contributed by atoms with Gasteiger partial charge in [-0.05, 0) is 30.7 Å². The summed E-state index contributed by atoms with van der Waals surface area (Å²) in [5, 5.41) is 0.601. The Hall–Kier alpha value is -2.34. The van der Waals surface area contributed by atoms with E-state index in [0.717, 1.165) is 5.56 Å². The molecule has 0 N–H and O–H groups in total. The first-order valence-electron chi connectivity index (χ1n) is 8.15. The Morgan fingerprint density at radius 2 is 2.08 bits per heavy atom. The highest BCUT2D eigenvalue weighted by molar-refractivity contribution is 6.30. The number of rotatable bonds is 5. The van der Waals surface area contributed by atoms with Gasteiger partial charge < -0.3 is 14.5 Å². The lowest BCUT2D eigenvalue weighted by molar-refractivity contribution is -0.148. The molecule has 1 aliphatic rings. The molecule has 0 unspecified atom stereocenters. The summed E-state index contributed by atoms with van der Waals surface area (Å²) in [6, 6.07) is 7.19. The van der Waals surface area contributed by atoms with Crippen molar-refractivity contribution in [2.75, 3.05) is 32.8 Å². The predicted molar refractivity (Wildman–Crippen MR) is 94.9 cm³/mol. The van der Waals surface area contributed by atoms with E-state index in [1.54, 1.807) is 30.0 Å². The van der Waals surface area contributed by atoms with Crippen LogP contribution in [0.5, 0.6) is 0 Å². The van der Waals surface area contributed by atoms with Crippen LogP contribution in [0.2, 0.25) is 5.02 Å². The third-order valence-corrected chi connectivity index (χ3v) is 4.03. The first kappa shape index (κ1) is 19.0. The van der Waals surface area contributed by atoms with Crippen LogP contribution in [0.15, 0.2) is 30.3 Å². The van der Waals surface area contributed by atoms with Gasteiger partial charge in [-0.15, -0.1) is 0 Å². The molecule has 7 heteroatoms. The summed E-state index contributed by atoms with van der Waals surface area (Å²) >= 11 is 5.92. The number of hydrogen-bond donors (Lipinski definition) is 0. The van der Waals surface area contributed by atoms with E-state index in [4.69, 9.17) is 16.3 Å². The maximum Gasteiger partial charge on any atom is 0.325 e. The number of carbonyl (C=O) groups is 3. The van der Waals surface area contributed by atoms with Gasteiger partial charge in [0.2, 0.25) is 11.8 Å². The second-order valence-corrected chi connectivity index (χ2v) is 6.02. The average Bonchev–Trinajstić information content (AvgIpc) is 2.75. The Morgan fingerprint density at radius 1 is 1.28 bits per heavy atom. The van der Waals surface area contributed by atoms with Gasteiger partial charge in [-0.3, -0.25) is 14.4 Å². The highest BCUT2D eigenvalue weighted by Gasteiger charge is 2.24. The van der Waals surface area contributed by atoms with E-state index in [0.29, 0.717) is 24.7 Å². The Labute approximate surface area is 152 Å². The number of esters is 1. The van der Waals surface area contributed by atoms with Gasteiger partial charge in [-0.1, -0.05) is 23.7 Å². The zero-order chi connectivity index (χ0) is 18.2. The largest absolute Gasteiger partial charge is 0.465 e. The molecule has 1 aromatic rings. The molecule has 0 atom stereocenters. The van der Waals surface area contributed by atoms with E-state index in [-0.39, 0.29) is 31.4 Å².